The Balaban J connectivity index is 2.69. The summed E-state index contributed by atoms with van der Waals surface area (Å²) in [5.41, 5.74) is 0. The van der Waals surface area contributed by atoms with Crippen LogP contribution in [-0.4, -0.2) is 31.6 Å². The Kier molecular flexibility index (Phi) is 3.66. The van der Waals surface area contributed by atoms with Gasteiger partial charge in [0.1, 0.15) is 15.5 Å². The zero-order chi connectivity index (χ0) is 15.8. The molecule has 2 rings (SSSR count). The van der Waals surface area contributed by atoms with Crippen LogP contribution in [0.5, 0.6) is 11.5 Å². The van der Waals surface area contributed by atoms with E-state index in [1.165, 1.54) is 0 Å². The normalized spacial score (nSPS) is 12.2. The lowest BCUT2D eigenvalue weighted by Crippen LogP contribution is -2.05. The Morgan fingerprint density at radius 3 is 1.81 bits per heavy atom. The molecule has 0 aliphatic heterocycles. The van der Waals surface area contributed by atoms with Gasteiger partial charge in [0.05, 0.1) is 4.90 Å². The van der Waals surface area contributed by atoms with Crippen LogP contribution >= 0.6 is 0 Å². The van der Waals surface area contributed by atoms with E-state index in [4.69, 9.17) is 9.66 Å². The van der Waals surface area contributed by atoms with Crippen LogP contribution in [0.1, 0.15) is 0 Å². The number of aromatic hydroxyl groups is 2. The van der Waals surface area contributed by atoms with Crippen molar-refractivity contribution in [2.45, 2.75) is 14.7 Å². The summed E-state index contributed by atoms with van der Waals surface area (Å²) in [6.07, 6.45) is 0. The van der Waals surface area contributed by atoms with E-state index in [-0.39, 0.29) is 10.6 Å². The zero-order valence-corrected chi connectivity index (χ0v) is 12.0. The van der Waals surface area contributed by atoms with Crippen LogP contribution in [0.15, 0.2) is 57.2 Å². The maximum absolute atomic E-state index is 12.3. The first-order valence-corrected chi connectivity index (χ1v) is 8.40. The predicted molar refractivity (Wildman–Crippen MR) is 71.5 cm³/mol. The molecule has 0 bridgehead atoms. The van der Waals surface area contributed by atoms with Crippen molar-refractivity contribution in [3.63, 3.8) is 0 Å². The van der Waals surface area contributed by atoms with Gasteiger partial charge in [-0.3, -0.25) is 4.55 Å². The third-order valence-corrected chi connectivity index (χ3v) is 5.36. The highest BCUT2D eigenvalue weighted by molar-refractivity contribution is 7.91. The van der Waals surface area contributed by atoms with Gasteiger partial charge in [-0.15, -0.1) is 0 Å². The minimum Gasteiger partial charge on any atom is -0.508 e. The van der Waals surface area contributed by atoms with E-state index in [1.807, 2.05) is 0 Å². The molecule has 0 unspecified atom stereocenters. The lowest BCUT2D eigenvalue weighted by molar-refractivity contribution is 0.431. The number of hydrogen-bond donors (Lipinski definition) is 3. The topological polar surface area (TPSA) is 129 Å². The summed E-state index contributed by atoms with van der Waals surface area (Å²) in [7, 11) is -8.97. The van der Waals surface area contributed by atoms with Crippen LogP contribution in [0.2, 0.25) is 0 Å². The third kappa shape index (κ3) is 2.84. The largest absolute Gasteiger partial charge is 0.508 e. The van der Waals surface area contributed by atoms with Gasteiger partial charge in [0.15, 0.2) is 5.75 Å². The van der Waals surface area contributed by atoms with Crippen molar-refractivity contribution in [2.24, 2.45) is 0 Å². The van der Waals surface area contributed by atoms with Crippen LogP contribution in [0.3, 0.4) is 0 Å². The van der Waals surface area contributed by atoms with E-state index >= 15 is 0 Å². The first kappa shape index (κ1) is 15.3. The number of phenolic OH excluding ortho intramolecular Hbond substituents is 2. The zero-order valence-electron chi connectivity index (χ0n) is 10.3. The molecular weight excluding hydrogens is 320 g/mol. The summed E-state index contributed by atoms with van der Waals surface area (Å²) >= 11 is 0. The Bertz CT molecular complexity index is 882. The molecule has 3 N–H and O–H groups in total. The number of phenols is 2. The van der Waals surface area contributed by atoms with Crippen LogP contribution in [-0.2, 0) is 20.0 Å². The Hall–Kier alpha value is -2.10. The van der Waals surface area contributed by atoms with Gasteiger partial charge in [0.25, 0.3) is 10.1 Å². The maximum Gasteiger partial charge on any atom is 0.298 e. The van der Waals surface area contributed by atoms with Gasteiger partial charge >= 0.3 is 0 Å². The summed E-state index contributed by atoms with van der Waals surface area (Å²) in [6, 6.07) is 7.43. The molecule has 0 atom stereocenters. The smallest absolute Gasteiger partial charge is 0.298 e. The number of para-hydroxylation sites is 1. The summed E-state index contributed by atoms with van der Waals surface area (Å²) < 4.78 is 55.8. The van der Waals surface area contributed by atoms with Crippen molar-refractivity contribution in [1.29, 1.82) is 0 Å². The minimum absolute atomic E-state index is 0.148. The SMILES string of the molecule is O=S(=O)(O)c1cccc(S(=O)(=O)c2ccc(O)cc2)c1O. The van der Waals surface area contributed by atoms with Crippen molar-refractivity contribution in [3.8, 4) is 11.5 Å². The molecule has 2 aromatic carbocycles. The average Bonchev–Trinajstić information content (AvgIpc) is 2.37. The second-order valence-corrected chi connectivity index (χ2v) is 7.38. The van der Waals surface area contributed by atoms with Gasteiger partial charge in [-0.2, -0.15) is 8.42 Å². The highest BCUT2D eigenvalue weighted by atomic mass is 32.2. The highest BCUT2D eigenvalue weighted by Crippen LogP contribution is 2.34. The van der Waals surface area contributed by atoms with Gasteiger partial charge < -0.3 is 10.2 Å². The van der Waals surface area contributed by atoms with Crippen molar-refractivity contribution >= 4 is 20.0 Å². The Morgan fingerprint density at radius 2 is 1.29 bits per heavy atom. The van der Waals surface area contributed by atoms with Gasteiger partial charge in [0.2, 0.25) is 9.84 Å². The van der Waals surface area contributed by atoms with E-state index in [1.54, 1.807) is 0 Å². The maximum atomic E-state index is 12.3. The highest BCUT2D eigenvalue weighted by Gasteiger charge is 2.26. The standard InChI is InChI=1S/C12H10O7S2/c13-8-4-6-9(7-5-8)20(15,16)10-2-1-3-11(12(10)14)21(17,18)19/h1-7,13-14H,(H,17,18,19). The second-order valence-electron chi connectivity index (χ2n) is 4.08. The molecule has 7 nitrogen and oxygen atoms in total. The number of sulfone groups is 1. The molecule has 0 saturated heterocycles. The first-order valence-electron chi connectivity index (χ1n) is 5.47. The van der Waals surface area contributed by atoms with Gasteiger partial charge in [0, 0.05) is 0 Å². The molecule has 0 heterocycles. The van der Waals surface area contributed by atoms with Crippen LogP contribution < -0.4 is 0 Å². The van der Waals surface area contributed by atoms with Crippen LogP contribution in [0, 0.1) is 0 Å². The lowest BCUT2D eigenvalue weighted by Gasteiger charge is -2.09. The number of benzene rings is 2. The van der Waals surface area contributed by atoms with Gasteiger partial charge in [-0.05, 0) is 36.4 Å². The quantitative estimate of drug-likeness (QED) is 0.720. The molecule has 0 radical (unpaired) electrons. The molecule has 0 saturated carbocycles. The van der Waals surface area contributed by atoms with Gasteiger partial charge in [-0.25, -0.2) is 8.42 Å². The molecule has 9 heteroatoms. The van der Waals surface area contributed by atoms with Crippen LogP contribution in [0.4, 0.5) is 0 Å². The Labute approximate surface area is 120 Å². The van der Waals surface area contributed by atoms with E-state index in [9.17, 15) is 21.9 Å². The van der Waals surface area contributed by atoms with Crippen molar-refractivity contribution < 1.29 is 31.6 Å². The fraction of sp³-hybridized carbons (Fsp3) is 0. The summed E-state index contributed by atoms with van der Waals surface area (Å²) in [5.74, 6) is -1.21. The molecule has 112 valence electrons. The van der Waals surface area contributed by atoms with Gasteiger partial charge in [-0.1, -0.05) is 6.07 Å². The summed E-state index contributed by atoms with van der Waals surface area (Å²) in [4.78, 5) is -1.81. The fourth-order valence-corrected chi connectivity index (χ4v) is 3.72. The third-order valence-electron chi connectivity index (χ3n) is 2.68. The molecule has 0 aliphatic rings. The van der Waals surface area contributed by atoms with E-state index in [0.717, 1.165) is 42.5 Å². The number of hydrogen-bond acceptors (Lipinski definition) is 6. The molecule has 0 fully saturated rings. The molecule has 0 amide bonds. The lowest BCUT2D eigenvalue weighted by atomic mass is 10.3. The van der Waals surface area contributed by atoms with E-state index in [0.29, 0.717) is 0 Å². The van der Waals surface area contributed by atoms with Crippen molar-refractivity contribution in [2.75, 3.05) is 0 Å². The summed E-state index contributed by atoms with van der Waals surface area (Å²) in [6.45, 7) is 0. The molecular formula is C12H10O7S2. The monoisotopic (exact) mass is 330 g/mol. The van der Waals surface area contributed by atoms with Crippen LogP contribution in [0.25, 0.3) is 0 Å². The second kappa shape index (κ2) is 5.02. The molecule has 0 spiro atoms. The molecule has 0 aliphatic carbocycles. The van der Waals surface area contributed by atoms with Crippen molar-refractivity contribution in [1.82, 2.24) is 0 Å². The average molecular weight is 330 g/mol. The molecule has 2 aromatic rings. The Morgan fingerprint density at radius 1 is 0.762 bits per heavy atom. The minimum atomic E-state index is -4.76. The molecule has 21 heavy (non-hydrogen) atoms. The fourth-order valence-electron chi connectivity index (χ4n) is 1.68. The van der Waals surface area contributed by atoms with Crippen molar-refractivity contribution in [3.05, 3.63) is 42.5 Å². The molecule has 0 aromatic heterocycles. The van der Waals surface area contributed by atoms with E-state index < -0.39 is 35.5 Å². The van der Waals surface area contributed by atoms with E-state index in [2.05, 4.69) is 0 Å². The summed E-state index contributed by atoms with van der Waals surface area (Å²) in [5, 5.41) is 19.0. The predicted octanol–water partition coefficient (Wildman–Crippen LogP) is 1.18. The number of rotatable bonds is 3. The first-order chi connectivity index (χ1) is 9.64.